The van der Waals surface area contributed by atoms with Gasteiger partial charge in [0, 0.05) is 12.2 Å². The summed E-state index contributed by atoms with van der Waals surface area (Å²) in [6, 6.07) is 4.89. The quantitative estimate of drug-likeness (QED) is 0.891. The minimum atomic E-state index is -3.71. The molecule has 2 heterocycles. The van der Waals surface area contributed by atoms with Crippen LogP contribution in [0, 0.1) is 6.92 Å². The molecule has 0 radical (unpaired) electrons. The number of rotatable bonds is 3. The van der Waals surface area contributed by atoms with Crippen molar-refractivity contribution in [3.05, 3.63) is 29.6 Å². The van der Waals surface area contributed by atoms with Crippen LogP contribution in [0.2, 0.25) is 0 Å². The smallest absolute Gasteiger partial charge is 0.335 e. The SMILES string of the molecule is Cc1noc(NS(=O)(=O)c2ccc3c(c2)CCCN3)n1. The van der Waals surface area contributed by atoms with Crippen LogP contribution in [0.15, 0.2) is 27.6 Å². The molecule has 2 aromatic rings. The third-order valence-corrected chi connectivity index (χ3v) is 4.39. The molecule has 0 bridgehead atoms. The summed E-state index contributed by atoms with van der Waals surface area (Å²) in [5.74, 6) is 0.373. The Morgan fingerprint density at radius 2 is 2.25 bits per heavy atom. The monoisotopic (exact) mass is 294 g/mol. The van der Waals surface area contributed by atoms with E-state index in [1.807, 2.05) is 0 Å². The lowest BCUT2D eigenvalue weighted by molar-refractivity contribution is 0.429. The Balaban J connectivity index is 1.91. The molecule has 20 heavy (non-hydrogen) atoms. The number of hydrogen-bond donors (Lipinski definition) is 2. The van der Waals surface area contributed by atoms with Crippen LogP contribution in [0.1, 0.15) is 17.8 Å². The van der Waals surface area contributed by atoms with E-state index < -0.39 is 10.0 Å². The summed E-state index contributed by atoms with van der Waals surface area (Å²) in [6.07, 6.45) is 1.86. The number of nitrogens with zero attached hydrogens (tertiary/aromatic N) is 2. The Morgan fingerprint density at radius 1 is 1.40 bits per heavy atom. The summed E-state index contributed by atoms with van der Waals surface area (Å²) in [5.41, 5.74) is 1.99. The zero-order chi connectivity index (χ0) is 14.2. The average molecular weight is 294 g/mol. The second-order valence-electron chi connectivity index (χ2n) is 4.60. The molecular formula is C12H14N4O3S. The molecule has 8 heteroatoms. The minimum Gasteiger partial charge on any atom is -0.385 e. The van der Waals surface area contributed by atoms with Gasteiger partial charge in [-0.2, -0.15) is 4.98 Å². The van der Waals surface area contributed by atoms with Crippen LogP contribution in [0.25, 0.3) is 0 Å². The van der Waals surface area contributed by atoms with Crippen LogP contribution in [0.4, 0.5) is 11.7 Å². The number of sulfonamides is 1. The largest absolute Gasteiger partial charge is 0.385 e. The van der Waals surface area contributed by atoms with E-state index in [2.05, 4.69) is 20.2 Å². The van der Waals surface area contributed by atoms with E-state index in [0.717, 1.165) is 30.6 Å². The predicted octanol–water partition coefficient (Wildman–Crippen LogP) is 1.54. The van der Waals surface area contributed by atoms with Gasteiger partial charge >= 0.3 is 6.01 Å². The maximum absolute atomic E-state index is 12.2. The summed E-state index contributed by atoms with van der Waals surface area (Å²) >= 11 is 0. The van der Waals surface area contributed by atoms with E-state index in [-0.39, 0.29) is 10.9 Å². The molecule has 1 aromatic carbocycles. The highest BCUT2D eigenvalue weighted by molar-refractivity contribution is 7.92. The molecule has 0 spiro atoms. The van der Waals surface area contributed by atoms with Gasteiger partial charge in [-0.15, -0.1) is 0 Å². The topological polar surface area (TPSA) is 97.1 Å². The number of hydrogen-bond acceptors (Lipinski definition) is 6. The molecule has 106 valence electrons. The van der Waals surface area contributed by atoms with Gasteiger partial charge in [-0.05, 0) is 43.5 Å². The highest BCUT2D eigenvalue weighted by atomic mass is 32.2. The normalized spacial score (nSPS) is 14.4. The molecule has 0 fully saturated rings. The fourth-order valence-electron chi connectivity index (χ4n) is 2.13. The van der Waals surface area contributed by atoms with Gasteiger partial charge in [-0.1, -0.05) is 5.16 Å². The van der Waals surface area contributed by atoms with Crippen molar-refractivity contribution < 1.29 is 12.9 Å². The lowest BCUT2D eigenvalue weighted by Gasteiger charge is -2.18. The van der Waals surface area contributed by atoms with E-state index in [1.165, 1.54) is 0 Å². The number of fused-ring (bicyclic) bond motifs is 1. The highest BCUT2D eigenvalue weighted by Gasteiger charge is 2.19. The van der Waals surface area contributed by atoms with E-state index in [1.54, 1.807) is 25.1 Å². The number of nitrogens with one attached hydrogen (secondary N) is 2. The minimum absolute atomic E-state index is 0.127. The lowest BCUT2D eigenvalue weighted by atomic mass is 10.0. The van der Waals surface area contributed by atoms with Crippen molar-refractivity contribution in [2.45, 2.75) is 24.7 Å². The molecule has 1 aliphatic heterocycles. The Kier molecular flexibility index (Phi) is 3.09. The first-order valence-corrected chi connectivity index (χ1v) is 7.73. The maximum Gasteiger partial charge on any atom is 0.335 e. The summed E-state index contributed by atoms with van der Waals surface area (Å²) in [5, 5.41) is 6.78. The molecule has 0 saturated heterocycles. The van der Waals surface area contributed by atoms with Crippen LogP contribution >= 0.6 is 0 Å². The van der Waals surface area contributed by atoms with Gasteiger partial charge in [-0.25, -0.2) is 13.1 Å². The van der Waals surface area contributed by atoms with E-state index in [4.69, 9.17) is 4.52 Å². The third-order valence-electron chi connectivity index (χ3n) is 3.07. The molecular weight excluding hydrogens is 280 g/mol. The molecule has 0 unspecified atom stereocenters. The van der Waals surface area contributed by atoms with Crippen LogP contribution in [0.3, 0.4) is 0 Å². The van der Waals surface area contributed by atoms with Crippen molar-refractivity contribution in [3.8, 4) is 0 Å². The van der Waals surface area contributed by atoms with Crippen molar-refractivity contribution in [2.24, 2.45) is 0 Å². The van der Waals surface area contributed by atoms with Crippen molar-refractivity contribution in [1.29, 1.82) is 0 Å². The van der Waals surface area contributed by atoms with Crippen molar-refractivity contribution in [2.75, 3.05) is 16.6 Å². The first-order chi connectivity index (χ1) is 9.54. The van der Waals surface area contributed by atoms with Crippen LogP contribution in [0.5, 0.6) is 0 Å². The third kappa shape index (κ3) is 2.46. The molecule has 0 atom stereocenters. The fraction of sp³-hybridized carbons (Fsp3) is 0.333. The summed E-state index contributed by atoms with van der Waals surface area (Å²) in [7, 11) is -3.71. The molecule has 1 aromatic heterocycles. The molecule has 2 N–H and O–H groups in total. The van der Waals surface area contributed by atoms with Crippen molar-refractivity contribution in [3.63, 3.8) is 0 Å². The van der Waals surface area contributed by atoms with Gasteiger partial charge in [0.2, 0.25) is 0 Å². The second-order valence-corrected chi connectivity index (χ2v) is 6.28. The second kappa shape index (κ2) is 4.78. The van der Waals surface area contributed by atoms with E-state index in [9.17, 15) is 8.42 Å². The molecule has 7 nitrogen and oxygen atoms in total. The zero-order valence-corrected chi connectivity index (χ0v) is 11.7. The Labute approximate surface area is 116 Å². The number of benzene rings is 1. The fourth-order valence-corrected chi connectivity index (χ4v) is 3.11. The van der Waals surface area contributed by atoms with Crippen LogP contribution in [-0.2, 0) is 16.4 Å². The summed E-state index contributed by atoms with van der Waals surface area (Å²) in [4.78, 5) is 4.02. The number of aryl methyl sites for hydroxylation is 2. The number of aromatic nitrogens is 2. The van der Waals surface area contributed by atoms with Gasteiger partial charge in [0.05, 0.1) is 4.90 Å². The van der Waals surface area contributed by atoms with Crippen LogP contribution < -0.4 is 10.0 Å². The molecule has 0 amide bonds. The lowest BCUT2D eigenvalue weighted by Crippen LogP contribution is -2.16. The van der Waals surface area contributed by atoms with Gasteiger partial charge in [0.25, 0.3) is 10.0 Å². The average Bonchev–Trinajstić information content (AvgIpc) is 2.83. The first-order valence-electron chi connectivity index (χ1n) is 6.24. The first kappa shape index (κ1) is 12.9. The summed E-state index contributed by atoms with van der Waals surface area (Å²) in [6.45, 7) is 2.53. The maximum atomic E-state index is 12.2. The predicted molar refractivity (Wildman–Crippen MR) is 73.1 cm³/mol. The van der Waals surface area contributed by atoms with Gasteiger partial charge in [-0.3, -0.25) is 0 Å². The standard InChI is InChI=1S/C12H14N4O3S/c1-8-14-12(19-15-8)16-20(17,18)10-4-5-11-9(7-10)3-2-6-13-11/h4-5,7,13H,2-3,6H2,1H3,(H,14,15,16). The van der Waals surface area contributed by atoms with E-state index >= 15 is 0 Å². The van der Waals surface area contributed by atoms with Crippen molar-refractivity contribution in [1.82, 2.24) is 10.1 Å². The Bertz CT molecular complexity index is 739. The van der Waals surface area contributed by atoms with Gasteiger partial charge in [0.15, 0.2) is 5.82 Å². The Morgan fingerprint density at radius 3 is 3.00 bits per heavy atom. The zero-order valence-electron chi connectivity index (χ0n) is 10.9. The molecule has 0 aliphatic carbocycles. The van der Waals surface area contributed by atoms with Crippen LogP contribution in [-0.4, -0.2) is 25.1 Å². The molecule has 0 saturated carbocycles. The number of anilines is 2. The van der Waals surface area contributed by atoms with Crippen molar-refractivity contribution >= 4 is 21.7 Å². The Hall–Kier alpha value is -2.09. The van der Waals surface area contributed by atoms with E-state index in [0.29, 0.717) is 5.82 Å². The van der Waals surface area contributed by atoms with Gasteiger partial charge < -0.3 is 9.84 Å². The highest BCUT2D eigenvalue weighted by Crippen LogP contribution is 2.25. The molecule has 3 rings (SSSR count). The van der Waals surface area contributed by atoms with Gasteiger partial charge in [0.1, 0.15) is 0 Å². The molecule has 1 aliphatic rings. The summed E-state index contributed by atoms with van der Waals surface area (Å²) < 4.78 is 31.5.